The molecule has 0 bridgehead atoms. The fourth-order valence-corrected chi connectivity index (χ4v) is 3.10. The lowest BCUT2D eigenvalue weighted by Gasteiger charge is -2.24. The molecule has 1 aliphatic carbocycles. The molecular weight excluding hydrogens is 259 g/mol. The van der Waals surface area contributed by atoms with E-state index < -0.39 is 9.75 Å². The first kappa shape index (κ1) is 13.4. The number of carbonyl (C=O) groups is 1. The number of hydrogen-bond donors (Lipinski definition) is 1. The van der Waals surface area contributed by atoms with Crippen LogP contribution in [0.1, 0.15) is 33.1 Å². The zero-order chi connectivity index (χ0) is 12.7. The summed E-state index contributed by atoms with van der Waals surface area (Å²) in [6.45, 7) is 6.93. The topological polar surface area (TPSA) is 32.3 Å². The van der Waals surface area contributed by atoms with E-state index in [2.05, 4.69) is 17.1 Å². The van der Waals surface area contributed by atoms with E-state index in [0.29, 0.717) is 19.0 Å². The quantitative estimate of drug-likeness (QED) is 0.800. The van der Waals surface area contributed by atoms with E-state index in [1.54, 1.807) is 0 Å². The van der Waals surface area contributed by atoms with Crippen molar-refractivity contribution in [2.45, 2.75) is 43.5 Å². The fourth-order valence-electron chi connectivity index (χ4n) is 2.39. The summed E-state index contributed by atoms with van der Waals surface area (Å²) >= 11 is 12.0. The standard InChI is InChI=1S/C12H20Cl2N2O/c1-9(16-5-3-4-6-16)7-15-10(17)11(2)8-12(11,13)14/h9H,3-8H2,1-2H3,(H,15,17)/t9-,11+/m1/s1. The van der Waals surface area contributed by atoms with Crippen molar-refractivity contribution in [1.82, 2.24) is 10.2 Å². The van der Waals surface area contributed by atoms with Gasteiger partial charge in [-0.2, -0.15) is 0 Å². The number of halogens is 2. The van der Waals surface area contributed by atoms with Gasteiger partial charge in [-0.15, -0.1) is 23.2 Å². The Bertz CT molecular complexity index is 316. The van der Waals surface area contributed by atoms with Crippen molar-refractivity contribution in [2.24, 2.45) is 5.41 Å². The number of rotatable bonds is 4. The smallest absolute Gasteiger partial charge is 0.229 e. The van der Waals surface area contributed by atoms with E-state index in [1.165, 1.54) is 12.8 Å². The fraction of sp³-hybridized carbons (Fsp3) is 0.917. The van der Waals surface area contributed by atoms with Crippen molar-refractivity contribution in [3.05, 3.63) is 0 Å². The molecule has 0 unspecified atom stereocenters. The van der Waals surface area contributed by atoms with Crippen LogP contribution in [-0.2, 0) is 4.79 Å². The highest BCUT2D eigenvalue weighted by atomic mass is 35.5. The summed E-state index contributed by atoms with van der Waals surface area (Å²) < 4.78 is -0.867. The highest BCUT2D eigenvalue weighted by molar-refractivity contribution is 6.53. The molecule has 1 heterocycles. The molecule has 2 fully saturated rings. The van der Waals surface area contributed by atoms with Crippen molar-refractivity contribution >= 4 is 29.1 Å². The molecule has 0 spiro atoms. The summed E-state index contributed by atoms with van der Waals surface area (Å²) in [5.74, 6) is -0.0199. The number of alkyl halides is 2. The molecule has 3 nitrogen and oxygen atoms in total. The normalized spacial score (nSPS) is 33.4. The van der Waals surface area contributed by atoms with E-state index in [1.807, 2.05) is 6.92 Å². The monoisotopic (exact) mass is 278 g/mol. The maximum Gasteiger partial charge on any atom is 0.229 e. The zero-order valence-corrected chi connectivity index (χ0v) is 11.9. The number of nitrogens with one attached hydrogen (secondary N) is 1. The predicted octanol–water partition coefficient (Wildman–Crippen LogP) is 2.17. The summed E-state index contributed by atoms with van der Waals surface area (Å²) in [4.78, 5) is 14.4. The lowest BCUT2D eigenvalue weighted by atomic mass is 10.1. The molecule has 0 aromatic rings. The molecule has 2 rings (SSSR count). The summed E-state index contributed by atoms with van der Waals surface area (Å²) in [5, 5.41) is 2.97. The molecular formula is C12H20Cl2N2O. The molecule has 1 amide bonds. The first-order valence-corrected chi connectivity index (χ1v) is 7.02. The van der Waals surface area contributed by atoms with Crippen molar-refractivity contribution in [3.63, 3.8) is 0 Å². The predicted molar refractivity (Wildman–Crippen MR) is 70.4 cm³/mol. The lowest BCUT2D eigenvalue weighted by molar-refractivity contribution is -0.126. The van der Waals surface area contributed by atoms with Gasteiger partial charge in [0.2, 0.25) is 5.91 Å². The molecule has 2 aliphatic rings. The van der Waals surface area contributed by atoms with Gasteiger partial charge in [-0.1, -0.05) is 0 Å². The van der Waals surface area contributed by atoms with Crippen molar-refractivity contribution in [1.29, 1.82) is 0 Å². The summed E-state index contributed by atoms with van der Waals surface area (Å²) in [5.41, 5.74) is -0.596. The molecule has 0 aromatic carbocycles. The second kappa shape index (κ2) is 4.60. The Labute approximate surface area is 113 Å². The Balaban J connectivity index is 1.77. The molecule has 1 saturated carbocycles. The SMILES string of the molecule is C[C@H](CNC(=O)[C@]1(C)CC1(Cl)Cl)N1CCCC1. The molecule has 98 valence electrons. The second-order valence-electron chi connectivity index (χ2n) is 5.52. The van der Waals surface area contributed by atoms with Crippen molar-refractivity contribution < 1.29 is 4.79 Å². The molecule has 17 heavy (non-hydrogen) atoms. The minimum atomic E-state index is -0.867. The molecule has 2 atom stereocenters. The minimum absolute atomic E-state index is 0.0199. The van der Waals surface area contributed by atoms with Gasteiger partial charge in [-0.05, 0) is 46.2 Å². The van der Waals surface area contributed by atoms with Gasteiger partial charge in [0.05, 0.1) is 5.41 Å². The Kier molecular flexibility index (Phi) is 3.64. The molecule has 1 aliphatic heterocycles. The number of hydrogen-bond acceptors (Lipinski definition) is 2. The number of nitrogens with zero attached hydrogens (tertiary/aromatic N) is 1. The van der Waals surface area contributed by atoms with Crippen LogP contribution in [-0.4, -0.2) is 40.8 Å². The van der Waals surface area contributed by atoms with Crippen LogP contribution in [0.4, 0.5) is 0 Å². The van der Waals surface area contributed by atoms with E-state index in [-0.39, 0.29) is 5.91 Å². The molecule has 0 radical (unpaired) electrons. The Morgan fingerprint density at radius 3 is 2.41 bits per heavy atom. The Hall–Kier alpha value is 0.01000. The van der Waals surface area contributed by atoms with Gasteiger partial charge in [-0.25, -0.2) is 0 Å². The minimum Gasteiger partial charge on any atom is -0.354 e. The van der Waals surface area contributed by atoms with Gasteiger partial charge in [0.1, 0.15) is 4.33 Å². The van der Waals surface area contributed by atoms with Crippen LogP contribution in [0.15, 0.2) is 0 Å². The number of carbonyl (C=O) groups excluding carboxylic acids is 1. The van der Waals surface area contributed by atoms with Crippen LogP contribution in [0.2, 0.25) is 0 Å². The lowest BCUT2D eigenvalue weighted by Crippen LogP contribution is -2.43. The van der Waals surface area contributed by atoms with Crippen molar-refractivity contribution in [2.75, 3.05) is 19.6 Å². The third-order valence-electron chi connectivity index (χ3n) is 4.08. The van der Waals surface area contributed by atoms with Gasteiger partial charge in [0, 0.05) is 12.6 Å². The first-order valence-electron chi connectivity index (χ1n) is 6.27. The molecule has 1 N–H and O–H groups in total. The van der Waals surface area contributed by atoms with Crippen LogP contribution in [0.25, 0.3) is 0 Å². The summed E-state index contributed by atoms with van der Waals surface area (Å²) in [7, 11) is 0. The average Bonchev–Trinajstić information content (AvgIpc) is 2.73. The van der Waals surface area contributed by atoms with Gasteiger partial charge in [0.15, 0.2) is 0 Å². The molecule has 5 heteroatoms. The first-order chi connectivity index (χ1) is 7.87. The van der Waals surface area contributed by atoms with Crippen LogP contribution in [0.3, 0.4) is 0 Å². The number of likely N-dealkylation sites (tertiary alicyclic amines) is 1. The average molecular weight is 279 g/mol. The van der Waals surface area contributed by atoms with Gasteiger partial charge in [0.25, 0.3) is 0 Å². The van der Waals surface area contributed by atoms with E-state index in [4.69, 9.17) is 23.2 Å². The number of amides is 1. The molecule has 1 saturated heterocycles. The van der Waals surface area contributed by atoms with Gasteiger partial charge in [-0.3, -0.25) is 9.69 Å². The van der Waals surface area contributed by atoms with E-state index in [9.17, 15) is 4.79 Å². The Morgan fingerprint density at radius 1 is 1.41 bits per heavy atom. The Morgan fingerprint density at radius 2 is 1.94 bits per heavy atom. The maximum atomic E-state index is 12.0. The maximum absolute atomic E-state index is 12.0. The van der Waals surface area contributed by atoms with Crippen LogP contribution >= 0.6 is 23.2 Å². The van der Waals surface area contributed by atoms with Crippen LogP contribution in [0.5, 0.6) is 0 Å². The van der Waals surface area contributed by atoms with Crippen LogP contribution < -0.4 is 5.32 Å². The highest BCUT2D eigenvalue weighted by Gasteiger charge is 2.67. The largest absolute Gasteiger partial charge is 0.354 e. The van der Waals surface area contributed by atoms with Crippen molar-refractivity contribution in [3.8, 4) is 0 Å². The van der Waals surface area contributed by atoms with E-state index in [0.717, 1.165) is 13.1 Å². The zero-order valence-electron chi connectivity index (χ0n) is 10.4. The highest BCUT2D eigenvalue weighted by Crippen LogP contribution is 2.63. The van der Waals surface area contributed by atoms with Gasteiger partial charge >= 0.3 is 0 Å². The van der Waals surface area contributed by atoms with Gasteiger partial charge < -0.3 is 5.32 Å². The van der Waals surface area contributed by atoms with Crippen LogP contribution in [0, 0.1) is 5.41 Å². The third-order valence-corrected chi connectivity index (χ3v) is 5.18. The second-order valence-corrected chi connectivity index (χ2v) is 7.00. The molecule has 0 aromatic heterocycles. The third kappa shape index (κ3) is 2.56. The summed E-state index contributed by atoms with van der Waals surface area (Å²) in [6, 6.07) is 0.392. The summed E-state index contributed by atoms with van der Waals surface area (Å²) in [6.07, 6.45) is 3.08. The van der Waals surface area contributed by atoms with E-state index >= 15 is 0 Å².